The number of benzene rings is 2. The molecule has 1 aliphatic rings. The quantitative estimate of drug-likeness (QED) is 0.489. The van der Waals surface area contributed by atoms with E-state index in [4.69, 9.17) is 0 Å². The molecule has 2 aromatic carbocycles. The first-order valence-electron chi connectivity index (χ1n) is 10.1. The fourth-order valence-corrected chi connectivity index (χ4v) is 5.07. The Morgan fingerprint density at radius 1 is 1.10 bits per heavy atom. The number of sulfonamides is 1. The largest absolute Gasteiger partial charge is 0.378 e. The van der Waals surface area contributed by atoms with Crippen LogP contribution in [0.5, 0.6) is 0 Å². The van der Waals surface area contributed by atoms with Crippen LogP contribution < -0.4 is 5.32 Å². The Bertz CT molecular complexity index is 1010. The SMILES string of the molecule is CN1CCN(S(=O)(=O)c2ccc(NC[C@H](c3ccccc3)N(C)C)c([N+](=O)[O-])c2)CC1. The van der Waals surface area contributed by atoms with Crippen LogP contribution in [-0.2, 0) is 10.0 Å². The van der Waals surface area contributed by atoms with Gasteiger partial charge in [0.1, 0.15) is 5.69 Å². The summed E-state index contributed by atoms with van der Waals surface area (Å²) in [5, 5.41) is 14.8. The molecule has 1 N–H and O–H groups in total. The van der Waals surface area contributed by atoms with Gasteiger partial charge in [0.15, 0.2) is 0 Å². The molecular weight excluding hydrogens is 418 g/mol. The Balaban J connectivity index is 1.83. The van der Waals surface area contributed by atoms with E-state index in [1.165, 1.54) is 16.4 Å². The van der Waals surface area contributed by atoms with Crippen molar-refractivity contribution >= 4 is 21.4 Å². The van der Waals surface area contributed by atoms with Gasteiger partial charge in [-0.1, -0.05) is 30.3 Å². The molecular formula is C21H29N5O4S. The molecule has 2 aromatic rings. The topological polar surface area (TPSA) is 99.0 Å². The van der Waals surface area contributed by atoms with Crippen molar-refractivity contribution in [3.8, 4) is 0 Å². The highest BCUT2D eigenvalue weighted by atomic mass is 32.2. The van der Waals surface area contributed by atoms with Gasteiger partial charge in [0, 0.05) is 38.8 Å². The van der Waals surface area contributed by atoms with Gasteiger partial charge in [-0.2, -0.15) is 4.31 Å². The number of nitrogens with one attached hydrogen (secondary N) is 1. The van der Waals surface area contributed by atoms with Gasteiger partial charge in [-0.3, -0.25) is 10.1 Å². The standard InChI is InChI=1S/C21H29N5O4S/c1-23(2)21(17-7-5-4-6-8-17)16-22-19-10-9-18(15-20(19)26(27)28)31(29,30)25-13-11-24(3)12-14-25/h4-10,15,21-22H,11-14,16H2,1-3H3/t21-/m1/s1. The second-order valence-electron chi connectivity index (χ2n) is 7.91. The molecule has 0 unspecified atom stereocenters. The van der Waals surface area contributed by atoms with Crippen LogP contribution in [0.3, 0.4) is 0 Å². The number of rotatable bonds is 8. The summed E-state index contributed by atoms with van der Waals surface area (Å²) in [7, 11) is 2.04. The molecule has 1 atom stereocenters. The smallest absolute Gasteiger partial charge is 0.293 e. The Morgan fingerprint density at radius 3 is 2.32 bits per heavy atom. The first-order chi connectivity index (χ1) is 14.7. The predicted molar refractivity (Wildman–Crippen MR) is 121 cm³/mol. The molecule has 0 spiro atoms. The van der Waals surface area contributed by atoms with E-state index >= 15 is 0 Å². The second kappa shape index (κ2) is 9.73. The highest BCUT2D eigenvalue weighted by Gasteiger charge is 2.30. The van der Waals surface area contributed by atoms with Gasteiger partial charge in [0.05, 0.1) is 15.9 Å². The van der Waals surface area contributed by atoms with Gasteiger partial charge >= 0.3 is 0 Å². The summed E-state index contributed by atoms with van der Waals surface area (Å²) in [5.41, 5.74) is 1.13. The van der Waals surface area contributed by atoms with E-state index < -0.39 is 14.9 Å². The second-order valence-corrected chi connectivity index (χ2v) is 9.85. The number of nitro groups is 1. The fourth-order valence-electron chi connectivity index (χ4n) is 3.63. The Labute approximate surface area is 183 Å². The highest BCUT2D eigenvalue weighted by molar-refractivity contribution is 7.89. The highest BCUT2D eigenvalue weighted by Crippen LogP contribution is 2.30. The zero-order chi connectivity index (χ0) is 22.6. The molecule has 1 aliphatic heterocycles. The lowest BCUT2D eigenvalue weighted by atomic mass is 10.1. The molecule has 1 saturated heterocycles. The van der Waals surface area contributed by atoms with Gasteiger partial charge in [-0.15, -0.1) is 0 Å². The van der Waals surface area contributed by atoms with Crippen molar-refractivity contribution in [2.75, 3.05) is 59.2 Å². The Hall–Kier alpha value is -2.53. The van der Waals surface area contributed by atoms with E-state index in [2.05, 4.69) is 10.2 Å². The minimum absolute atomic E-state index is 0.00504. The summed E-state index contributed by atoms with van der Waals surface area (Å²) in [6.45, 7) is 2.43. The lowest BCUT2D eigenvalue weighted by molar-refractivity contribution is -0.384. The number of hydrogen-bond donors (Lipinski definition) is 1. The van der Waals surface area contributed by atoms with Gasteiger partial charge in [-0.25, -0.2) is 8.42 Å². The van der Waals surface area contributed by atoms with Gasteiger partial charge in [0.2, 0.25) is 10.0 Å². The zero-order valence-electron chi connectivity index (χ0n) is 18.1. The number of hydrogen-bond acceptors (Lipinski definition) is 7. The Morgan fingerprint density at radius 2 is 1.74 bits per heavy atom. The molecule has 0 aliphatic carbocycles. The average molecular weight is 448 g/mol. The van der Waals surface area contributed by atoms with Crippen LogP contribution in [0.4, 0.5) is 11.4 Å². The maximum Gasteiger partial charge on any atom is 0.293 e. The maximum atomic E-state index is 13.0. The summed E-state index contributed by atoms with van der Waals surface area (Å²) in [6, 6.07) is 13.9. The van der Waals surface area contributed by atoms with E-state index in [1.54, 1.807) is 0 Å². The molecule has 0 bridgehead atoms. The van der Waals surface area contributed by atoms with Gasteiger partial charge < -0.3 is 15.1 Å². The van der Waals surface area contributed by atoms with Crippen molar-refractivity contribution in [3.63, 3.8) is 0 Å². The molecule has 0 radical (unpaired) electrons. The van der Waals surface area contributed by atoms with E-state index in [9.17, 15) is 18.5 Å². The summed E-state index contributed by atoms with van der Waals surface area (Å²) in [5.74, 6) is 0. The molecule has 0 amide bonds. The number of nitrogens with zero attached hydrogens (tertiary/aromatic N) is 4. The van der Waals surface area contributed by atoms with Crippen molar-refractivity contribution in [1.82, 2.24) is 14.1 Å². The molecule has 9 nitrogen and oxygen atoms in total. The van der Waals surface area contributed by atoms with Crippen LogP contribution in [0.1, 0.15) is 11.6 Å². The summed E-state index contributed by atoms with van der Waals surface area (Å²) in [6.07, 6.45) is 0. The maximum absolute atomic E-state index is 13.0. The summed E-state index contributed by atoms with van der Waals surface area (Å²) < 4.78 is 27.3. The van der Waals surface area contributed by atoms with E-state index in [-0.39, 0.29) is 16.6 Å². The Kier molecular flexibility index (Phi) is 7.26. The molecule has 168 valence electrons. The normalized spacial score (nSPS) is 16.9. The van der Waals surface area contributed by atoms with Crippen LogP contribution >= 0.6 is 0 Å². The number of piperazine rings is 1. The van der Waals surface area contributed by atoms with Crippen molar-refractivity contribution in [3.05, 3.63) is 64.2 Å². The number of likely N-dealkylation sites (N-methyl/N-ethyl adjacent to an activating group) is 2. The summed E-state index contributed by atoms with van der Waals surface area (Å²) in [4.78, 5) is 15.2. The average Bonchev–Trinajstić information content (AvgIpc) is 2.74. The van der Waals surface area contributed by atoms with E-state index in [1.807, 2.05) is 56.4 Å². The van der Waals surface area contributed by atoms with Crippen molar-refractivity contribution in [2.24, 2.45) is 0 Å². The lowest BCUT2D eigenvalue weighted by Gasteiger charge is -2.31. The third-order valence-electron chi connectivity index (χ3n) is 5.56. The predicted octanol–water partition coefficient (Wildman–Crippen LogP) is 2.25. The molecule has 0 saturated carbocycles. The van der Waals surface area contributed by atoms with Gasteiger partial charge in [-0.05, 0) is 38.8 Å². The van der Waals surface area contributed by atoms with E-state index in [0.717, 1.165) is 11.6 Å². The molecule has 1 heterocycles. The van der Waals surface area contributed by atoms with Crippen LogP contribution in [-0.4, -0.2) is 81.3 Å². The molecule has 10 heteroatoms. The molecule has 3 rings (SSSR count). The van der Waals surface area contributed by atoms with Crippen LogP contribution in [0, 0.1) is 10.1 Å². The monoisotopic (exact) mass is 447 g/mol. The van der Waals surface area contributed by atoms with E-state index in [0.29, 0.717) is 38.4 Å². The third kappa shape index (κ3) is 5.40. The minimum atomic E-state index is -3.78. The molecule has 0 aromatic heterocycles. The molecule has 1 fully saturated rings. The number of anilines is 1. The van der Waals surface area contributed by atoms with Crippen molar-refractivity contribution in [1.29, 1.82) is 0 Å². The minimum Gasteiger partial charge on any atom is -0.378 e. The lowest BCUT2D eigenvalue weighted by Crippen LogP contribution is -2.47. The zero-order valence-corrected chi connectivity index (χ0v) is 18.9. The molecule has 31 heavy (non-hydrogen) atoms. The third-order valence-corrected chi connectivity index (χ3v) is 7.45. The first-order valence-corrected chi connectivity index (χ1v) is 11.6. The van der Waals surface area contributed by atoms with Crippen LogP contribution in [0.15, 0.2) is 53.4 Å². The first kappa shape index (κ1) is 23.1. The van der Waals surface area contributed by atoms with Crippen LogP contribution in [0.2, 0.25) is 0 Å². The van der Waals surface area contributed by atoms with Gasteiger partial charge in [0.25, 0.3) is 5.69 Å². The number of nitro benzene ring substituents is 1. The van der Waals surface area contributed by atoms with Crippen molar-refractivity contribution in [2.45, 2.75) is 10.9 Å². The van der Waals surface area contributed by atoms with Crippen molar-refractivity contribution < 1.29 is 13.3 Å². The fraction of sp³-hybridized carbons (Fsp3) is 0.429. The van der Waals surface area contributed by atoms with Crippen LogP contribution in [0.25, 0.3) is 0 Å². The summed E-state index contributed by atoms with van der Waals surface area (Å²) >= 11 is 0.